The van der Waals surface area contributed by atoms with Crippen molar-refractivity contribution in [2.45, 2.75) is 0 Å². The first-order valence-corrected chi connectivity index (χ1v) is 7.71. The molecule has 0 atom stereocenters. The number of H-pyrrole nitrogens is 1. The Morgan fingerprint density at radius 1 is 1.19 bits per heavy atom. The summed E-state index contributed by atoms with van der Waals surface area (Å²) in [6.45, 7) is 0. The van der Waals surface area contributed by atoms with Crippen LogP contribution in [0.2, 0.25) is 10.0 Å². The Morgan fingerprint density at radius 2 is 1.95 bits per heavy atom. The molecule has 4 nitrogen and oxygen atoms in total. The van der Waals surface area contributed by atoms with Crippen molar-refractivity contribution in [1.29, 1.82) is 0 Å². The van der Waals surface area contributed by atoms with Gasteiger partial charge in [-0.3, -0.25) is 4.79 Å². The van der Waals surface area contributed by atoms with Crippen LogP contribution < -0.4 is 5.56 Å². The Morgan fingerprint density at radius 3 is 2.71 bits per heavy atom. The summed E-state index contributed by atoms with van der Waals surface area (Å²) >= 11 is 13.5. The number of halogens is 2. The number of fused-ring (bicyclic) bond motifs is 3. The highest BCUT2D eigenvalue weighted by atomic mass is 35.5. The van der Waals surface area contributed by atoms with E-state index in [1.54, 1.807) is 35.7 Å². The number of aromatic amines is 1. The third-order valence-corrected chi connectivity index (χ3v) is 4.58. The van der Waals surface area contributed by atoms with Crippen molar-refractivity contribution >= 4 is 44.8 Å². The zero-order valence-electron chi connectivity index (χ0n) is 10.4. The maximum Gasteiger partial charge on any atom is 0.282 e. The van der Waals surface area contributed by atoms with Crippen LogP contribution in [0.5, 0.6) is 0 Å². The lowest BCUT2D eigenvalue weighted by molar-refractivity contribution is 0.859. The largest absolute Gasteiger partial charge is 0.360 e. The molecule has 0 amide bonds. The molecular weight excluding hydrogens is 329 g/mol. The van der Waals surface area contributed by atoms with E-state index in [0.29, 0.717) is 27.0 Å². The summed E-state index contributed by atoms with van der Waals surface area (Å²) in [5.74, 6) is 0. The van der Waals surface area contributed by atoms with Crippen LogP contribution in [0, 0.1) is 0 Å². The quantitative estimate of drug-likeness (QED) is 0.567. The van der Waals surface area contributed by atoms with E-state index in [-0.39, 0.29) is 5.56 Å². The van der Waals surface area contributed by atoms with Crippen molar-refractivity contribution in [2.75, 3.05) is 0 Å². The summed E-state index contributed by atoms with van der Waals surface area (Å²) in [6, 6.07) is 6.90. The first-order valence-electron chi connectivity index (χ1n) is 6.07. The van der Waals surface area contributed by atoms with E-state index < -0.39 is 0 Å². The normalized spacial score (nSPS) is 11.5. The second-order valence-electron chi connectivity index (χ2n) is 4.56. The molecule has 0 fully saturated rings. The molecule has 1 aromatic carbocycles. The zero-order valence-corrected chi connectivity index (χ0v) is 12.8. The fourth-order valence-electron chi connectivity index (χ4n) is 2.31. The van der Waals surface area contributed by atoms with E-state index in [0.717, 1.165) is 10.2 Å². The third-order valence-electron chi connectivity index (χ3n) is 3.22. The van der Waals surface area contributed by atoms with Crippen molar-refractivity contribution in [2.24, 2.45) is 0 Å². The third kappa shape index (κ3) is 1.97. The van der Waals surface area contributed by atoms with Crippen LogP contribution in [-0.4, -0.2) is 14.8 Å². The molecule has 2 aliphatic heterocycles. The lowest BCUT2D eigenvalue weighted by Gasteiger charge is -2.01. The zero-order chi connectivity index (χ0) is 14.6. The van der Waals surface area contributed by atoms with E-state index in [4.69, 9.17) is 23.2 Å². The molecule has 0 radical (unpaired) electrons. The second kappa shape index (κ2) is 4.59. The molecule has 3 heterocycles. The molecule has 21 heavy (non-hydrogen) atoms. The predicted octanol–water partition coefficient (Wildman–Crippen LogP) is 4.19. The minimum absolute atomic E-state index is 0.199. The number of pyridine rings is 1. The van der Waals surface area contributed by atoms with Crippen LogP contribution in [0.1, 0.15) is 0 Å². The molecule has 0 unspecified atom stereocenters. The maximum absolute atomic E-state index is 12.5. The van der Waals surface area contributed by atoms with Crippen molar-refractivity contribution in [3.63, 3.8) is 0 Å². The highest BCUT2D eigenvalue weighted by Crippen LogP contribution is 2.30. The summed E-state index contributed by atoms with van der Waals surface area (Å²) in [5.41, 5.74) is 2.54. The van der Waals surface area contributed by atoms with Gasteiger partial charge in [0.15, 0.2) is 0 Å². The number of rotatable bonds is 1. The maximum atomic E-state index is 12.5. The van der Waals surface area contributed by atoms with Crippen LogP contribution in [0.25, 0.3) is 27.2 Å². The Balaban J connectivity index is 2.07. The van der Waals surface area contributed by atoms with Gasteiger partial charge in [-0.25, -0.2) is 0 Å². The van der Waals surface area contributed by atoms with E-state index in [9.17, 15) is 4.79 Å². The van der Waals surface area contributed by atoms with E-state index in [2.05, 4.69) is 10.1 Å². The molecule has 4 rings (SSSR count). The molecule has 0 saturated carbocycles. The Labute approximate surface area is 132 Å². The number of hydrogen-bond donors (Lipinski definition) is 1. The summed E-state index contributed by atoms with van der Waals surface area (Å²) in [5, 5.41) is 7.33. The summed E-state index contributed by atoms with van der Waals surface area (Å²) in [4.78, 5) is 15.6. The van der Waals surface area contributed by atoms with Crippen molar-refractivity contribution in [3.8, 4) is 16.9 Å². The molecule has 7 heteroatoms. The van der Waals surface area contributed by atoms with Gasteiger partial charge in [0, 0.05) is 16.2 Å². The fourth-order valence-corrected chi connectivity index (χ4v) is 3.68. The minimum atomic E-state index is -0.199. The average Bonchev–Trinajstić information content (AvgIpc) is 3.02. The van der Waals surface area contributed by atoms with Gasteiger partial charge in [0.25, 0.3) is 5.56 Å². The summed E-state index contributed by atoms with van der Waals surface area (Å²) in [7, 11) is 0. The summed E-state index contributed by atoms with van der Waals surface area (Å²) < 4.78 is 2.28. The molecule has 0 aliphatic carbocycles. The SMILES string of the molecule is O=c1c2c[nH]c3ccsc3c-2nn1-c1cc(Cl)cc(Cl)c1. The molecule has 1 aromatic heterocycles. The average molecular weight is 336 g/mol. The molecule has 0 bridgehead atoms. The smallest absolute Gasteiger partial charge is 0.282 e. The highest BCUT2D eigenvalue weighted by Gasteiger charge is 2.19. The first-order chi connectivity index (χ1) is 10.1. The van der Waals surface area contributed by atoms with Crippen LogP contribution in [-0.2, 0) is 0 Å². The number of nitrogens with one attached hydrogen (secondary N) is 1. The van der Waals surface area contributed by atoms with Gasteiger partial charge in [0.05, 0.1) is 21.5 Å². The summed E-state index contributed by atoms with van der Waals surface area (Å²) in [6.07, 6.45) is 1.68. The molecule has 0 spiro atoms. The Kier molecular flexibility index (Phi) is 2.82. The van der Waals surface area contributed by atoms with Crippen LogP contribution in [0.3, 0.4) is 0 Å². The van der Waals surface area contributed by atoms with Crippen molar-refractivity contribution in [3.05, 3.63) is 56.2 Å². The van der Waals surface area contributed by atoms with Crippen LogP contribution in [0.15, 0.2) is 40.6 Å². The van der Waals surface area contributed by atoms with Gasteiger partial charge in [0.1, 0.15) is 5.69 Å². The molecule has 2 aliphatic rings. The lowest BCUT2D eigenvalue weighted by Crippen LogP contribution is -2.14. The first kappa shape index (κ1) is 12.9. The van der Waals surface area contributed by atoms with Gasteiger partial charge in [0.2, 0.25) is 0 Å². The number of nitrogens with zero attached hydrogens (tertiary/aromatic N) is 2. The number of aromatic nitrogens is 3. The van der Waals surface area contributed by atoms with Crippen molar-refractivity contribution in [1.82, 2.24) is 14.8 Å². The predicted molar refractivity (Wildman–Crippen MR) is 86.2 cm³/mol. The van der Waals surface area contributed by atoms with E-state index in [1.165, 1.54) is 4.68 Å². The van der Waals surface area contributed by atoms with Gasteiger partial charge in [-0.05, 0) is 29.6 Å². The monoisotopic (exact) mass is 335 g/mol. The molecule has 0 saturated heterocycles. The lowest BCUT2D eigenvalue weighted by atomic mass is 10.2. The van der Waals surface area contributed by atoms with Crippen LogP contribution in [0.4, 0.5) is 0 Å². The topological polar surface area (TPSA) is 50.7 Å². The number of benzene rings is 1. The Hall–Kier alpha value is -1.82. The standard InChI is InChI=1S/C14H7Cl2N3OS/c15-7-3-8(16)5-9(4-7)19-14(20)10-6-17-11-1-2-21-13(11)12(10)18-19/h1-6,17H. The highest BCUT2D eigenvalue weighted by molar-refractivity contribution is 7.17. The minimum Gasteiger partial charge on any atom is -0.360 e. The molecule has 1 N–H and O–H groups in total. The molecule has 104 valence electrons. The van der Waals surface area contributed by atoms with Crippen LogP contribution >= 0.6 is 34.5 Å². The molecule has 2 aromatic rings. The van der Waals surface area contributed by atoms with Gasteiger partial charge < -0.3 is 4.98 Å². The van der Waals surface area contributed by atoms with E-state index in [1.807, 2.05) is 11.4 Å². The second-order valence-corrected chi connectivity index (χ2v) is 6.35. The van der Waals surface area contributed by atoms with Gasteiger partial charge in [-0.2, -0.15) is 9.78 Å². The number of hydrogen-bond acceptors (Lipinski definition) is 3. The Bertz CT molecular complexity index is 981. The molecular formula is C14H7Cl2N3OS. The van der Waals surface area contributed by atoms with Gasteiger partial charge in [-0.15, -0.1) is 11.3 Å². The van der Waals surface area contributed by atoms with Gasteiger partial charge in [-0.1, -0.05) is 23.2 Å². The fraction of sp³-hybridized carbons (Fsp3) is 0. The van der Waals surface area contributed by atoms with Gasteiger partial charge >= 0.3 is 0 Å². The van der Waals surface area contributed by atoms with Crippen molar-refractivity contribution < 1.29 is 0 Å². The number of thiophene rings is 1. The van der Waals surface area contributed by atoms with E-state index >= 15 is 0 Å².